The summed E-state index contributed by atoms with van der Waals surface area (Å²) in [5.41, 5.74) is 0.472. The maximum Gasteiger partial charge on any atom is 0.410 e. The summed E-state index contributed by atoms with van der Waals surface area (Å²) >= 11 is 0. The highest BCUT2D eigenvalue weighted by Crippen LogP contribution is 2.19. The van der Waals surface area contributed by atoms with Crippen LogP contribution in [0.2, 0.25) is 0 Å². The van der Waals surface area contributed by atoms with E-state index in [2.05, 4.69) is 13.8 Å². The van der Waals surface area contributed by atoms with Crippen LogP contribution in [0, 0.1) is 5.92 Å². The molecule has 0 fully saturated rings. The molecule has 0 radical (unpaired) electrons. The lowest BCUT2D eigenvalue weighted by Gasteiger charge is -2.33. The summed E-state index contributed by atoms with van der Waals surface area (Å²) in [6, 6.07) is 9.54. The van der Waals surface area contributed by atoms with Crippen molar-refractivity contribution in [2.45, 2.75) is 59.2 Å². The molecule has 4 nitrogen and oxygen atoms in total. The second kappa shape index (κ2) is 8.18. The van der Waals surface area contributed by atoms with Gasteiger partial charge in [-0.05, 0) is 38.7 Å². The van der Waals surface area contributed by atoms with Gasteiger partial charge >= 0.3 is 6.09 Å². The summed E-state index contributed by atoms with van der Waals surface area (Å²) in [6.07, 6.45) is 0.360. The second-order valence-electron chi connectivity index (χ2n) is 7.06. The number of rotatable bonds is 6. The van der Waals surface area contributed by atoms with Gasteiger partial charge in [0, 0.05) is 6.54 Å². The molecule has 0 aromatic heterocycles. The van der Waals surface area contributed by atoms with Crippen molar-refractivity contribution in [1.29, 1.82) is 0 Å². The average Bonchev–Trinajstić information content (AvgIpc) is 2.41. The highest BCUT2D eigenvalue weighted by molar-refractivity contribution is 5.68. The molecule has 1 atom stereocenters. The van der Waals surface area contributed by atoms with Crippen LogP contribution in [0.5, 0.6) is 0 Å². The van der Waals surface area contributed by atoms with Gasteiger partial charge in [0.05, 0.1) is 12.6 Å². The lowest BCUT2D eigenvalue weighted by atomic mass is 10.0. The zero-order chi connectivity index (χ0) is 16.8. The lowest BCUT2D eigenvalue weighted by Crippen LogP contribution is -2.45. The van der Waals surface area contributed by atoms with Gasteiger partial charge in [-0.25, -0.2) is 4.79 Å². The van der Waals surface area contributed by atoms with Crippen molar-refractivity contribution in [3.63, 3.8) is 0 Å². The predicted octanol–water partition coefficient (Wildman–Crippen LogP) is 3.83. The first-order valence-electron chi connectivity index (χ1n) is 7.87. The Morgan fingerprint density at radius 1 is 1.23 bits per heavy atom. The Bertz CT molecular complexity index is 451. The Morgan fingerprint density at radius 2 is 1.82 bits per heavy atom. The first-order valence-corrected chi connectivity index (χ1v) is 7.87. The fourth-order valence-electron chi connectivity index (χ4n) is 2.29. The quantitative estimate of drug-likeness (QED) is 0.869. The molecule has 124 valence electrons. The number of aliphatic hydroxyl groups is 1. The first-order chi connectivity index (χ1) is 10.2. The third-order valence-corrected chi connectivity index (χ3v) is 3.22. The molecule has 1 N–H and O–H groups in total. The van der Waals surface area contributed by atoms with Crippen LogP contribution >= 0.6 is 0 Å². The summed E-state index contributed by atoms with van der Waals surface area (Å²) in [5.74, 6) is 0.387. The van der Waals surface area contributed by atoms with E-state index < -0.39 is 5.60 Å². The number of benzene rings is 1. The topological polar surface area (TPSA) is 49.8 Å². The van der Waals surface area contributed by atoms with Crippen molar-refractivity contribution in [1.82, 2.24) is 4.90 Å². The molecule has 1 rings (SSSR count). The highest BCUT2D eigenvalue weighted by atomic mass is 16.6. The van der Waals surface area contributed by atoms with Crippen LogP contribution in [0.25, 0.3) is 0 Å². The molecule has 0 aliphatic heterocycles. The molecule has 1 amide bonds. The zero-order valence-corrected chi connectivity index (χ0v) is 14.4. The third-order valence-electron chi connectivity index (χ3n) is 3.22. The molecule has 0 aliphatic carbocycles. The van der Waals surface area contributed by atoms with E-state index in [4.69, 9.17) is 4.74 Å². The van der Waals surface area contributed by atoms with Crippen molar-refractivity contribution in [2.75, 3.05) is 6.61 Å². The third kappa shape index (κ3) is 6.48. The van der Waals surface area contributed by atoms with E-state index in [9.17, 15) is 9.90 Å². The normalized spacial score (nSPS) is 13.0. The Kier molecular flexibility index (Phi) is 6.88. The van der Waals surface area contributed by atoms with E-state index in [1.165, 1.54) is 0 Å². The Morgan fingerprint density at radius 3 is 2.27 bits per heavy atom. The van der Waals surface area contributed by atoms with Gasteiger partial charge in [0.15, 0.2) is 0 Å². The second-order valence-corrected chi connectivity index (χ2v) is 7.06. The number of amides is 1. The van der Waals surface area contributed by atoms with E-state index in [1.807, 2.05) is 51.1 Å². The predicted molar refractivity (Wildman–Crippen MR) is 88.5 cm³/mol. The van der Waals surface area contributed by atoms with Crippen LogP contribution in [-0.4, -0.2) is 34.3 Å². The summed E-state index contributed by atoms with van der Waals surface area (Å²) in [4.78, 5) is 14.2. The molecule has 22 heavy (non-hydrogen) atoms. The maximum absolute atomic E-state index is 12.5. The van der Waals surface area contributed by atoms with Gasteiger partial charge in [-0.2, -0.15) is 0 Å². The smallest absolute Gasteiger partial charge is 0.410 e. The van der Waals surface area contributed by atoms with Gasteiger partial charge in [0.1, 0.15) is 5.60 Å². The van der Waals surface area contributed by atoms with E-state index in [-0.39, 0.29) is 18.7 Å². The van der Waals surface area contributed by atoms with Crippen LogP contribution in [-0.2, 0) is 11.3 Å². The zero-order valence-electron chi connectivity index (χ0n) is 14.4. The van der Waals surface area contributed by atoms with Gasteiger partial charge in [-0.15, -0.1) is 0 Å². The molecular weight excluding hydrogens is 278 g/mol. The summed E-state index contributed by atoms with van der Waals surface area (Å²) in [6.45, 7) is 10.1. The monoisotopic (exact) mass is 307 g/mol. The minimum Gasteiger partial charge on any atom is -0.444 e. The fraction of sp³-hybridized carbons (Fsp3) is 0.611. The molecule has 0 heterocycles. The van der Waals surface area contributed by atoms with Gasteiger partial charge in [-0.3, -0.25) is 4.90 Å². The molecule has 4 heteroatoms. The number of ether oxygens (including phenoxy) is 1. The van der Waals surface area contributed by atoms with Gasteiger partial charge in [0.25, 0.3) is 0 Å². The number of carbonyl (C=O) groups is 1. The summed E-state index contributed by atoms with van der Waals surface area (Å²) in [7, 11) is 0. The van der Waals surface area contributed by atoms with E-state index >= 15 is 0 Å². The van der Waals surface area contributed by atoms with E-state index in [0.29, 0.717) is 12.5 Å². The fourth-order valence-corrected chi connectivity index (χ4v) is 2.29. The summed E-state index contributed by atoms with van der Waals surface area (Å²) < 4.78 is 5.51. The summed E-state index contributed by atoms with van der Waals surface area (Å²) in [5, 5.41) is 9.72. The number of hydrogen-bond acceptors (Lipinski definition) is 3. The number of aliphatic hydroxyl groups excluding tert-OH is 1. The van der Waals surface area contributed by atoms with Crippen LogP contribution in [0.4, 0.5) is 4.79 Å². The molecule has 0 saturated carbocycles. The molecule has 0 spiro atoms. The molecule has 0 saturated heterocycles. The van der Waals surface area contributed by atoms with Crippen LogP contribution < -0.4 is 0 Å². The van der Waals surface area contributed by atoms with Gasteiger partial charge in [-0.1, -0.05) is 44.2 Å². The number of carbonyl (C=O) groups excluding carboxylic acids is 1. The Labute approximate surface area is 134 Å². The minimum absolute atomic E-state index is 0.0652. The lowest BCUT2D eigenvalue weighted by molar-refractivity contribution is 0.00412. The molecular formula is C18H29NO3. The van der Waals surface area contributed by atoms with Gasteiger partial charge in [0.2, 0.25) is 0 Å². The van der Waals surface area contributed by atoms with E-state index in [1.54, 1.807) is 4.90 Å². The van der Waals surface area contributed by atoms with Crippen LogP contribution in [0.3, 0.4) is 0 Å². The molecule has 1 aromatic rings. The van der Waals surface area contributed by atoms with E-state index in [0.717, 1.165) is 12.0 Å². The SMILES string of the molecule is CC(C)C[C@@H](CO)N(Cc1ccccc1)C(=O)OC(C)(C)C. The van der Waals surface area contributed by atoms with Crippen molar-refractivity contribution >= 4 is 6.09 Å². The molecule has 0 aliphatic rings. The Hall–Kier alpha value is -1.55. The molecule has 0 unspecified atom stereocenters. The van der Waals surface area contributed by atoms with Crippen molar-refractivity contribution in [3.8, 4) is 0 Å². The Balaban J connectivity index is 2.95. The van der Waals surface area contributed by atoms with Crippen molar-refractivity contribution < 1.29 is 14.6 Å². The van der Waals surface area contributed by atoms with Crippen LogP contribution in [0.15, 0.2) is 30.3 Å². The maximum atomic E-state index is 12.5. The molecule has 1 aromatic carbocycles. The highest BCUT2D eigenvalue weighted by Gasteiger charge is 2.28. The average molecular weight is 307 g/mol. The largest absolute Gasteiger partial charge is 0.444 e. The number of hydrogen-bond donors (Lipinski definition) is 1. The van der Waals surface area contributed by atoms with Gasteiger partial charge < -0.3 is 9.84 Å². The van der Waals surface area contributed by atoms with Crippen molar-refractivity contribution in [2.24, 2.45) is 5.92 Å². The minimum atomic E-state index is -0.552. The number of nitrogens with zero attached hydrogens (tertiary/aromatic N) is 1. The molecule has 0 bridgehead atoms. The van der Waals surface area contributed by atoms with Crippen molar-refractivity contribution in [3.05, 3.63) is 35.9 Å². The van der Waals surface area contributed by atoms with Crippen LogP contribution in [0.1, 0.15) is 46.6 Å². The first kappa shape index (κ1) is 18.5. The standard InChI is InChI=1S/C18H29NO3/c1-14(2)11-16(13-20)19(17(21)22-18(3,4)5)12-15-9-7-6-8-10-15/h6-10,14,16,20H,11-13H2,1-5H3/t16-/m0/s1.